The number of benzene rings is 2. The van der Waals surface area contributed by atoms with E-state index in [-0.39, 0.29) is 11.5 Å². The Balaban J connectivity index is 1.50. The monoisotopic (exact) mass is 364 g/mol. The summed E-state index contributed by atoms with van der Waals surface area (Å²) in [4.78, 5) is 29.0. The second kappa shape index (κ2) is 7.15. The molecule has 1 saturated heterocycles. The van der Waals surface area contributed by atoms with Crippen molar-refractivity contribution in [3.05, 3.63) is 70.6 Å². The highest BCUT2D eigenvalue weighted by Crippen LogP contribution is 2.22. The van der Waals surface area contributed by atoms with Gasteiger partial charge in [-0.15, -0.1) is 0 Å². The molecule has 1 aliphatic rings. The minimum absolute atomic E-state index is 0.0866. The van der Waals surface area contributed by atoms with Crippen LogP contribution in [0.4, 0.5) is 5.69 Å². The van der Waals surface area contributed by atoms with E-state index in [1.165, 1.54) is 0 Å². The molecule has 1 aliphatic heterocycles. The van der Waals surface area contributed by atoms with E-state index in [1.807, 2.05) is 36.4 Å². The van der Waals surface area contributed by atoms with E-state index in [9.17, 15) is 9.59 Å². The number of hydrogen-bond acceptors (Lipinski definition) is 5. The van der Waals surface area contributed by atoms with Crippen molar-refractivity contribution in [2.24, 2.45) is 0 Å². The van der Waals surface area contributed by atoms with Crippen molar-refractivity contribution >= 4 is 22.6 Å². The average molecular weight is 364 g/mol. The van der Waals surface area contributed by atoms with Crippen molar-refractivity contribution in [3.8, 4) is 5.75 Å². The Labute approximate surface area is 156 Å². The molecular formula is C21H20N2O4. The molecule has 0 unspecified atom stereocenters. The molecule has 0 N–H and O–H groups in total. The first kappa shape index (κ1) is 17.1. The van der Waals surface area contributed by atoms with Gasteiger partial charge in [-0.05, 0) is 24.3 Å². The maximum Gasteiger partial charge on any atom is 0.349 e. The number of amides is 1. The number of carbonyl (C=O) groups is 1. The van der Waals surface area contributed by atoms with E-state index in [4.69, 9.17) is 9.15 Å². The van der Waals surface area contributed by atoms with Crippen LogP contribution < -0.4 is 15.3 Å². The van der Waals surface area contributed by atoms with E-state index in [1.54, 1.807) is 30.2 Å². The fourth-order valence-corrected chi connectivity index (χ4v) is 3.36. The summed E-state index contributed by atoms with van der Waals surface area (Å²) in [6.07, 6.45) is 0. The van der Waals surface area contributed by atoms with Gasteiger partial charge in [0.25, 0.3) is 5.91 Å². The van der Waals surface area contributed by atoms with Crippen LogP contribution in [0.2, 0.25) is 0 Å². The summed E-state index contributed by atoms with van der Waals surface area (Å²) in [7, 11) is 1.64. The Bertz CT molecular complexity index is 1040. The summed E-state index contributed by atoms with van der Waals surface area (Å²) in [5.41, 5.74) is 1.05. The molecule has 6 heteroatoms. The molecular weight excluding hydrogens is 344 g/mol. The van der Waals surface area contributed by atoms with E-state index >= 15 is 0 Å². The number of hydrogen-bond donors (Lipinski definition) is 0. The number of carbonyl (C=O) groups excluding carboxylic acids is 1. The van der Waals surface area contributed by atoms with Crippen LogP contribution in [0.1, 0.15) is 10.4 Å². The Hall–Kier alpha value is -3.28. The standard InChI is InChI=1S/C21H20N2O4/c1-26-17-7-4-6-16(14-17)22-9-11-23(12-10-22)20(24)18-13-15-5-2-3-8-19(15)27-21(18)25/h2-8,13-14H,9-12H2,1H3. The average Bonchev–Trinajstić information content (AvgIpc) is 2.73. The first-order valence-electron chi connectivity index (χ1n) is 8.87. The number of anilines is 1. The molecule has 0 bridgehead atoms. The fourth-order valence-electron chi connectivity index (χ4n) is 3.36. The fraction of sp³-hybridized carbons (Fsp3) is 0.238. The molecule has 2 aromatic carbocycles. The zero-order valence-corrected chi connectivity index (χ0v) is 15.1. The molecule has 6 nitrogen and oxygen atoms in total. The van der Waals surface area contributed by atoms with Crippen molar-refractivity contribution in [2.75, 3.05) is 38.2 Å². The molecule has 0 spiro atoms. The lowest BCUT2D eigenvalue weighted by molar-refractivity contribution is 0.0742. The van der Waals surface area contributed by atoms with Gasteiger partial charge in [-0.2, -0.15) is 0 Å². The predicted octanol–water partition coefficient (Wildman–Crippen LogP) is 2.76. The quantitative estimate of drug-likeness (QED) is 0.669. The van der Waals surface area contributed by atoms with Crippen molar-refractivity contribution in [3.63, 3.8) is 0 Å². The van der Waals surface area contributed by atoms with E-state index in [2.05, 4.69) is 4.90 Å². The van der Waals surface area contributed by atoms with Gasteiger partial charge in [0.1, 0.15) is 16.9 Å². The normalized spacial score (nSPS) is 14.4. The summed E-state index contributed by atoms with van der Waals surface area (Å²) >= 11 is 0. The third kappa shape index (κ3) is 3.38. The SMILES string of the molecule is COc1cccc(N2CCN(C(=O)c3cc4ccccc4oc3=O)CC2)c1. The molecule has 0 aliphatic carbocycles. The van der Waals surface area contributed by atoms with Gasteiger partial charge in [0, 0.05) is 43.3 Å². The topological polar surface area (TPSA) is 63.0 Å². The minimum atomic E-state index is -0.589. The van der Waals surface area contributed by atoms with Crippen LogP contribution in [0.5, 0.6) is 5.75 Å². The third-order valence-electron chi connectivity index (χ3n) is 4.86. The largest absolute Gasteiger partial charge is 0.497 e. The first-order valence-corrected chi connectivity index (χ1v) is 8.87. The second-order valence-electron chi connectivity index (χ2n) is 6.47. The Kier molecular flexibility index (Phi) is 4.54. The van der Waals surface area contributed by atoms with Crippen molar-refractivity contribution in [2.45, 2.75) is 0 Å². The Morgan fingerprint density at radius 2 is 1.78 bits per heavy atom. The molecule has 1 aromatic heterocycles. The van der Waals surface area contributed by atoms with Crippen molar-refractivity contribution < 1.29 is 13.9 Å². The van der Waals surface area contributed by atoms with E-state index in [0.717, 1.165) is 16.8 Å². The second-order valence-corrected chi connectivity index (χ2v) is 6.47. The predicted molar refractivity (Wildman–Crippen MR) is 104 cm³/mol. The van der Waals surface area contributed by atoms with Gasteiger partial charge in [-0.3, -0.25) is 4.79 Å². The van der Waals surface area contributed by atoms with Crippen LogP contribution in [0.25, 0.3) is 11.0 Å². The highest BCUT2D eigenvalue weighted by Gasteiger charge is 2.25. The van der Waals surface area contributed by atoms with Gasteiger partial charge in [-0.25, -0.2) is 4.79 Å². The van der Waals surface area contributed by atoms with Crippen LogP contribution in [-0.2, 0) is 0 Å². The van der Waals surface area contributed by atoms with Gasteiger partial charge in [0.05, 0.1) is 7.11 Å². The molecule has 4 rings (SSSR count). The van der Waals surface area contributed by atoms with Crippen LogP contribution in [0.15, 0.2) is 63.8 Å². The molecule has 1 fully saturated rings. The lowest BCUT2D eigenvalue weighted by atomic mass is 10.1. The smallest absolute Gasteiger partial charge is 0.349 e. The number of rotatable bonds is 3. The molecule has 1 amide bonds. The summed E-state index contributed by atoms with van der Waals surface area (Å²) in [6, 6.07) is 16.7. The molecule has 0 saturated carbocycles. The maximum atomic E-state index is 12.8. The number of nitrogens with zero attached hydrogens (tertiary/aromatic N) is 2. The van der Waals surface area contributed by atoms with Gasteiger partial charge in [-0.1, -0.05) is 24.3 Å². The van der Waals surface area contributed by atoms with Crippen LogP contribution in [-0.4, -0.2) is 44.1 Å². The first-order chi connectivity index (χ1) is 13.2. The van der Waals surface area contributed by atoms with Gasteiger partial charge in [0.2, 0.25) is 0 Å². The van der Waals surface area contributed by atoms with Crippen LogP contribution >= 0.6 is 0 Å². The molecule has 0 radical (unpaired) electrons. The molecule has 0 atom stereocenters. The number of para-hydroxylation sites is 1. The maximum absolute atomic E-state index is 12.8. The molecule has 138 valence electrons. The van der Waals surface area contributed by atoms with Crippen LogP contribution in [0, 0.1) is 0 Å². The molecule has 3 aromatic rings. The molecule has 27 heavy (non-hydrogen) atoms. The summed E-state index contributed by atoms with van der Waals surface area (Å²) in [5, 5.41) is 0.746. The summed E-state index contributed by atoms with van der Waals surface area (Å²) in [6.45, 7) is 2.47. The van der Waals surface area contributed by atoms with Crippen molar-refractivity contribution in [1.29, 1.82) is 0 Å². The van der Waals surface area contributed by atoms with Gasteiger partial charge >= 0.3 is 5.63 Å². The number of fused-ring (bicyclic) bond motifs is 1. The van der Waals surface area contributed by atoms with Gasteiger partial charge in [0.15, 0.2) is 0 Å². The van der Waals surface area contributed by atoms with E-state index < -0.39 is 5.63 Å². The highest BCUT2D eigenvalue weighted by molar-refractivity contribution is 5.96. The lowest BCUT2D eigenvalue weighted by Gasteiger charge is -2.36. The lowest BCUT2D eigenvalue weighted by Crippen LogP contribution is -2.49. The van der Waals surface area contributed by atoms with E-state index in [0.29, 0.717) is 31.8 Å². The zero-order valence-electron chi connectivity index (χ0n) is 15.1. The van der Waals surface area contributed by atoms with Crippen LogP contribution in [0.3, 0.4) is 0 Å². The van der Waals surface area contributed by atoms with Gasteiger partial charge < -0.3 is 19.0 Å². The summed E-state index contributed by atoms with van der Waals surface area (Å²) in [5.74, 6) is 0.527. The number of ether oxygens (including phenoxy) is 1. The third-order valence-corrected chi connectivity index (χ3v) is 4.86. The Morgan fingerprint density at radius 1 is 1.00 bits per heavy atom. The highest BCUT2D eigenvalue weighted by atomic mass is 16.5. The Morgan fingerprint density at radius 3 is 2.56 bits per heavy atom. The van der Waals surface area contributed by atoms with Crippen molar-refractivity contribution in [1.82, 2.24) is 4.90 Å². The zero-order chi connectivity index (χ0) is 18.8. The minimum Gasteiger partial charge on any atom is -0.497 e. The molecule has 2 heterocycles. The number of methoxy groups -OCH3 is 1. The summed E-state index contributed by atoms with van der Waals surface area (Å²) < 4.78 is 10.6. The number of piperazine rings is 1.